The number of amides is 1. The average Bonchev–Trinajstić information content (AvgIpc) is 2.60. The van der Waals surface area contributed by atoms with Crippen molar-refractivity contribution in [2.45, 2.75) is 90.0 Å². The molecule has 0 bridgehead atoms. The van der Waals surface area contributed by atoms with E-state index < -0.39 is 18.0 Å². The van der Waals surface area contributed by atoms with Crippen LogP contribution in [0.2, 0.25) is 0 Å². The van der Waals surface area contributed by atoms with Gasteiger partial charge in [-0.15, -0.1) is 0 Å². The largest absolute Gasteiger partial charge is 0.481 e. The molecule has 0 rings (SSSR count). The SMILES string of the molecule is COC(=O)C(C)NC(=O)CCCCCCCC=CCCCCCC(=O)O. The molecular formula is C20H35NO5. The number of methoxy groups -OCH3 is 1. The molecule has 1 unspecified atom stereocenters. The highest BCUT2D eigenvalue weighted by Gasteiger charge is 2.14. The van der Waals surface area contributed by atoms with E-state index in [0.29, 0.717) is 6.42 Å². The van der Waals surface area contributed by atoms with Crippen molar-refractivity contribution in [2.24, 2.45) is 0 Å². The molecule has 150 valence electrons. The van der Waals surface area contributed by atoms with Gasteiger partial charge in [-0.1, -0.05) is 37.8 Å². The van der Waals surface area contributed by atoms with Crippen molar-refractivity contribution in [1.29, 1.82) is 0 Å². The predicted molar refractivity (Wildman–Crippen MR) is 102 cm³/mol. The Morgan fingerprint density at radius 2 is 1.38 bits per heavy atom. The fourth-order valence-electron chi connectivity index (χ4n) is 2.58. The third kappa shape index (κ3) is 15.7. The molecule has 0 aliphatic carbocycles. The maximum Gasteiger partial charge on any atom is 0.328 e. The Morgan fingerprint density at radius 3 is 1.96 bits per heavy atom. The number of unbranched alkanes of at least 4 members (excludes halogenated alkanes) is 8. The summed E-state index contributed by atoms with van der Waals surface area (Å²) in [7, 11) is 1.31. The van der Waals surface area contributed by atoms with Crippen LogP contribution in [0.4, 0.5) is 0 Å². The second kappa shape index (κ2) is 16.6. The molecule has 0 aliphatic rings. The van der Waals surface area contributed by atoms with Gasteiger partial charge in [-0.3, -0.25) is 9.59 Å². The summed E-state index contributed by atoms with van der Waals surface area (Å²) in [4.78, 5) is 33.2. The number of aliphatic carboxylic acids is 1. The first-order valence-electron chi connectivity index (χ1n) is 9.71. The number of carboxylic acid groups (broad SMARTS) is 1. The summed E-state index contributed by atoms with van der Waals surface area (Å²) in [5.74, 6) is -1.24. The topological polar surface area (TPSA) is 92.7 Å². The number of carboxylic acids is 1. The highest BCUT2D eigenvalue weighted by molar-refractivity contribution is 5.83. The zero-order valence-electron chi connectivity index (χ0n) is 16.3. The number of ether oxygens (including phenoxy) is 1. The molecule has 0 aliphatic heterocycles. The number of esters is 1. The lowest BCUT2D eigenvalue weighted by Gasteiger charge is -2.11. The molecule has 0 radical (unpaired) electrons. The number of hydrogen-bond donors (Lipinski definition) is 2. The maximum absolute atomic E-state index is 11.7. The Hall–Kier alpha value is -1.85. The third-order valence-electron chi connectivity index (χ3n) is 4.13. The van der Waals surface area contributed by atoms with Gasteiger partial charge in [0.1, 0.15) is 6.04 Å². The van der Waals surface area contributed by atoms with Gasteiger partial charge < -0.3 is 15.2 Å². The van der Waals surface area contributed by atoms with E-state index >= 15 is 0 Å². The molecular weight excluding hydrogens is 334 g/mol. The van der Waals surface area contributed by atoms with Crippen LogP contribution in [0.15, 0.2) is 12.2 Å². The minimum absolute atomic E-state index is 0.103. The fraction of sp³-hybridized carbons (Fsp3) is 0.750. The first kappa shape index (κ1) is 24.1. The molecule has 6 heteroatoms. The molecule has 6 nitrogen and oxygen atoms in total. The predicted octanol–water partition coefficient (Wildman–Crippen LogP) is 3.99. The Kier molecular flexibility index (Phi) is 15.4. The van der Waals surface area contributed by atoms with E-state index in [9.17, 15) is 14.4 Å². The van der Waals surface area contributed by atoms with E-state index in [1.165, 1.54) is 7.11 Å². The van der Waals surface area contributed by atoms with Crippen LogP contribution in [-0.2, 0) is 19.1 Å². The Labute approximate surface area is 157 Å². The van der Waals surface area contributed by atoms with Gasteiger partial charge in [0, 0.05) is 12.8 Å². The summed E-state index contributed by atoms with van der Waals surface area (Å²) < 4.78 is 4.56. The molecule has 0 spiro atoms. The number of nitrogens with one attached hydrogen (secondary N) is 1. The molecule has 1 atom stereocenters. The quantitative estimate of drug-likeness (QED) is 0.244. The molecule has 0 fully saturated rings. The summed E-state index contributed by atoms with van der Waals surface area (Å²) in [5.41, 5.74) is 0. The van der Waals surface area contributed by atoms with Crippen LogP contribution in [0.3, 0.4) is 0 Å². The van der Waals surface area contributed by atoms with Gasteiger partial charge in [-0.25, -0.2) is 4.79 Å². The van der Waals surface area contributed by atoms with Crippen molar-refractivity contribution < 1.29 is 24.2 Å². The van der Waals surface area contributed by atoms with E-state index in [1.807, 2.05) is 0 Å². The maximum atomic E-state index is 11.7. The third-order valence-corrected chi connectivity index (χ3v) is 4.13. The lowest BCUT2D eigenvalue weighted by Crippen LogP contribution is -2.38. The van der Waals surface area contributed by atoms with Crippen LogP contribution in [0.25, 0.3) is 0 Å². The minimum Gasteiger partial charge on any atom is -0.481 e. The fourth-order valence-corrected chi connectivity index (χ4v) is 2.58. The van der Waals surface area contributed by atoms with Crippen molar-refractivity contribution >= 4 is 17.8 Å². The molecule has 0 saturated heterocycles. The number of carbonyl (C=O) groups excluding carboxylic acids is 2. The van der Waals surface area contributed by atoms with Gasteiger partial charge in [0.05, 0.1) is 7.11 Å². The summed E-state index contributed by atoms with van der Waals surface area (Å²) >= 11 is 0. The van der Waals surface area contributed by atoms with Gasteiger partial charge in [0.25, 0.3) is 0 Å². The molecule has 2 N–H and O–H groups in total. The van der Waals surface area contributed by atoms with Gasteiger partial charge >= 0.3 is 11.9 Å². The van der Waals surface area contributed by atoms with Crippen LogP contribution >= 0.6 is 0 Å². The second-order valence-corrected chi connectivity index (χ2v) is 6.58. The second-order valence-electron chi connectivity index (χ2n) is 6.58. The first-order valence-corrected chi connectivity index (χ1v) is 9.71. The lowest BCUT2D eigenvalue weighted by molar-refractivity contribution is -0.144. The van der Waals surface area contributed by atoms with E-state index in [0.717, 1.165) is 64.2 Å². The molecule has 0 saturated carbocycles. The van der Waals surface area contributed by atoms with Crippen LogP contribution in [0, 0.1) is 0 Å². The van der Waals surface area contributed by atoms with E-state index in [4.69, 9.17) is 5.11 Å². The molecule has 0 heterocycles. The smallest absolute Gasteiger partial charge is 0.328 e. The highest BCUT2D eigenvalue weighted by atomic mass is 16.5. The summed E-state index contributed by atoms with van der Waals surface area (Å²) in [6, 6.07) is -0.587. The van der Waals surface area contributed by atoms with E-state index in [-0.39, 0.29) is 12.3 Å². The monoisotopic (exact) mass is 369 g/mol. The van der Waals surface area contributed by atoms with Crippen molar-refractivity contribution in [3.63, 3.8) is 0 Å². The summed E-state index contributed by atoms with van der Waals surface area (Å²) in [6.45, 7) is 1.62. The van der Waals surface area contributed by atoms with Crippen molar-refractivity contribution in [3.05, 3.63) is 12.2 Å². The zero-order valence-corrected chi connectivity index (χ0v) is 16.3. The van der Waals surface area contributed by atoms with Crippen molar-refractivity contribution in [2.75, 3.05) is 7.11 Å². The summed E-state index contributed by atoms with van der Waals surface area (Å²) in [6.07, 6.45) is 15.3. The molecule has 0 aromatic carbocycles. The normalized spacial score (nSPS) is 12.1. The number of carbonyl (C=O) groups is 3. The minimum atomic E-state index is -0.711. The standard InChI is InChI=1S/C20H35NO5/c1-17(20(25)26-2)21-18(22)15-13-11-9-7-5-3-4-6-8-10-12-14-16-19(23)24/h4,6,17H,3,5,7-16H2,1-2H3,(H,21,22)(H,23,24). The Morgan fingerprint density at radius 1 is 0.885 bits per heavy atom. The molecule has 0 aromatic rings. The Balaban J connectivity index is 3.38. The van der Waals surface area contributed by atoms with Crippen LogP contribution in [-0.4, -0.2) is 36.1 Å². The van der Waals surface area contributed by atoms with Gasteiger partial charge in [-0.05, 0) is 45.4 Å². The number of hydrogen-bond acceptors (Lipinski definition) is 4. The summed E-state index contributed by atoms with van der Waals surface area (Å²) in [5, 5.41) is 11.2. The van der Waals surface area contributed by atoms with Crippen molar-refractivity contribution in [1.82, 2.24) is 5.32 Å². The Bertz CT molecular complexity index is 434. The van der Waals surface area contributed by atoms with Crippen LogP contribution < -0.4 is 5.32 Å². The van der Waals surface area contributed by atoms with Crippen LogP contribution in [0.5, 0.6) is 0 Å². The van der Waals surface area contributed by atoms with Gasteiger partial charge in [0.15, 0.2) is 0 Å². The average molecular weight is 370 g/mol. The van der Waals surface area contributed by atoms with Gasteiger partial charge in [0.2, 0.25) is 5.91 Å². The number of rotatable bonds is 16. The molecule has 1 amide bonds. The van der Waals surface area contributed by atoms with E-state index in [2.05, 4.69) is 22.2 Å². The molecule has 0 aromatic heterocycles. The first-order chi connectivity index (χ1) is 12.5. The van der Waals surface area contributed by atoms with E-state index in [1.54, 1.807) is 6.92 Å². The number of allylic oxidation sites excluding steroid dienone is 2. The van der Waals surface area contributed by atoms with Crippen molar-refractivity contribution in [3.8, 4) is 0 Å². The van der Waals surface area contributed by atoms with Gasteiger partial charge in [-0.2, -0.15) is 0 Å². The zero-order chi connectivity index (χ0) is 19.6. The molecule has 26 heavy (non-hydrogen) atoms. The highest BCUT2D eigenvalue weighted by Crippen LogP contribution is 2.09. The lowest BCUT2D eigenvalue weighted by atomic mass is 10.1. The van der Waals surface area contributed by atoms with Crippen LogP contribution in [0.1, 0.15) is 84.0 Å².